The fourth-order valence-corrected chi connectivity index (χ4v) is 12.4. The van der Waals surface area contributed by atoms with Crippen LogP contribution in [0, 0.1) is 23.7 Å². The second-order valence-corrected chi connectivity index (χ2v) is 30.6. The number of hydrogen-bond donors (Lipinski definition) is 3. The van der Waals surface area contributed by atoms with Crippen LogP contribution in [0.2, 0.25) is 0 Å². The van der Waals surface area contributed by atoms with Gasteiger partial charge in [-0.2, -0.15) is 0 Å². The summed E-state index contributed by atoms with van der Waals surface area (Å²) in [6.07, 6.45) is 44.5. The molecule has 91 heavy (non-hydrogen) atoms. The van der Waals surface area contributed by atoms with Crippen molar-refractivity contribution in [3.8, 4) is 0 Å². The van der Waals surface area contributed by atoms with E-state index >= 15 is 0 Å². The zero-order valence-electron chi connectivity index (χ0n) is 59.5. The molecule has 0 amide bonds. The molecule has 0 aromatic rings. The Morgan fingerprint density at radius 3 is 0.780 bits per heavy atom. The molecule has 0 fully saturated rings. The van der Waals surface area contributed by atoms with Gasteiger partial charge in [0.2, 0.25) is 0 Å². The minimum atomic E-state index is -4.95. The smallest absolute Gasteiger partial charge is 0.462 e. The fourth-order valence-electron chi connectivity index (χ4n) is 10.8. The van der Waals surface area contributed by atoms with Crippen LogP contribution in [-0.4, -0.2) is 96.7 Å². The normalized spacial score (nSPS) is 14.5. The standard InChI is InChI=1S/C72H140O17P2/c1-9-65(8)51-43-35-30-31-37-45-53-70(75)83-59-68(89-72(77)55-47-39-28-22-18-14-16-20-25-33-41-49-63(4)5)61-87-91(80,81)85-57-66(73)56-84-90(78,79)86-60-67(58-82-69(74)52-44-36-29-23-26-34-42-50-64(6)7)88-71(76)54-46-38-27-21-17-13-11-10-12-15-19-24-32-40-48-62(2)3/h62-68,73H,9-61H2,1-8H3,(H,78,79)(H,80,81)/t65?,66?,67-,68-/m1/s1. The molecular weight excluding hydrogens is 1200 g/mol. The lowest BCUT2D eigenvalue weighted by Crippen LogP contribution is -2.30. The Bertz CT molecular complexity index is 1800. The number of rotatable bonds is 69. The van der Waals surface area contributed by atoms with Crippen molar-refractivity contribution in [3.63, 3.8) is 0 Å². The SMILES string of the molecule is CCC(C)CCCCCCCCC(=O)OC[C@H](COP(=O)(O)OCC(O)COP(=O)(O)OC[C@@H](COC(=O)CCCCCCCCCC(C)C)OC(=O)CCCCCCCCCCCCCCCCC(C)C)OC(=O)CCCCCCCCCCCCCC(C)C. The lowest BCUT2D eigenvalue weighted by atomic mass is 10.00. The molecule has 0 radical (unpaired) electrons. The molecule has 0 aromatic heterocycles. The molecule has 0 aliphatic carbocycles. The van der Waals surface area contributed by atoms with Crippen molar-refractivity contribution >= 4 is 39.5 Å². The second kappa shape index (κ2) is 61.6. The van der Waals surface area contributed by atoms with Crippen LogP contribution in [0.3, 0.4) is 0 Å². The topological polar surface area (TPSA) is 237 Å². The summed E-state index contributed by atoms with van der Waals surface area (Å²) in [5.41, 5.74) is 0. The van der Waals surface area contributed by atoms with Gasteiger partial charge in [-0.1, -0.05) is 306 Å². The number of hydrogen-bond acceptors (Lipinski definition) is 15. The van der Waals surface area contributed by atoms with Gasteiger partial charge in [0, 0.05) is 25.7 Å². The van der Waals surface area contributed by atoms with Crippen LogP contribution in [0.1, 0.15) is 357 Å². The second-order valence-electron chi connectivity index (χ2n) is 27.6. The summed E-state index contributed by atoms with van der Waals surface area (Å²) in [4.78, 5) is 72.6. The van der Waals surface area contributed by atoms with E-state index < -0.39 is 97.5 Å². The van der Waals surface area contributed by atoms with Gasteiger partial charge in [-0.15, -0.1) is 0 Å². The van der Waals surface area contributed by atoms with Gasteiger partial charge in [-0.3, -0.25) is 37.3 Å². The largest absolute Gasteiger partial charge is 0.472 e. The number of aliphatic hydroxyl groups is 1. The van der Waals surface area contributed by atoms with Gasteiger partial charge in [-0.05, 0) is 49.4 Å². The zero-order valence-corrected chi connectivity index (χ0v) is 61.3. The molecule has 6 atom stereocenters. The van der Waals surface area contributed by atoms with E-state index in [-0.39, 0.29) is 25.7 Å². The Morgan fingerprint density at radius 1 is 0.308 bits per heavy atom. The highest BCUT2D eigenvalue weighted by Crippen LogP contribution is 2.45. The molecule has 540 valence electrons. The average molecular weight is 1340 g/mol. The van der Waals surface area contributed by atoms with Gasteiger partial charge in [0.05, 0.1) is 26.4 Å². The number of unbranched alkanes of at least 4 members (excludes halogenated alkanes) is 34. The van der Waals surface area contributed by atoms with Crippen LogP contribution < -0.4 is 0 Å². The first-order valence-corrected chi connectivity index (χ1v) is 40.2. The molecule has 0 aromatic carbocycles. The van der Waals surface area contributed by atoms with Crippen LogP contribution >= 0.6 is 15.6 Å². The molecule has 19 heteroatoms. The Morgan fingerprint density at radius 2 is 0.527 bits per heavy atom. The Kier molecular flexibility index (Phi) is 60.3. The van der Waals surface area contributed by atoms with Crippen LogP contribution in [0.15, 0.2) is 0 Å². The average Bonchev–Trinajstić information content (AvgIpc) is 3.67. The van der Waals surface area contributed by atoms with E-state index in [9.17, 15) is 43.2 Å². The summed E-state index contributed by atoms with van der Waals surface area (Å²) in [5.74, 6) is 0.868. The number of phosphoric ester groups is 2. The third-order valence-electron chi connectivity index (χ3n) is 16.9. The monoisotopic (exact) mass is 1340 g/mol. The maximum atomic E-state index is 13.0. The van der Waals surface area contributed by atoms with Crippen molar-refractivity contribution in [3.05, 3.63) is 0 Å². The van der Waals surface area contributed by atoms with E-state index in [2.05, 4.69) is 55.4 Å². The van der Waals surface area contributed by atoms with Crippen molar-refractivity contribution in [1.82, 2.24) is 0 Å². The van der Waals surface area contributed by atoms with Crippen molar-refractivity contribution in [2.75, 3.05) is 39.6 Å². The maximum absolute atomic E-state index is 13.0. The van der Waals surface area contributed by atoms with Gasteiger partial charge >= 0.3 is 39.5 Å². The summed E-state index contributed by atoms with van der Waals surface area (Å²) in [6.45, 7) is 14.1. The van der Waals surface area contributed by atoms with E-state index in [1.807, 2.05) is 0 Å². The molecule has 0 aliphatic rings. The molecule has 17 nitrogen and oxygen atoms in total. The lowest BCUT2D eigenvalue weighted by molar-refractivity contribution is -0.161. The highest BCUT2D eigenvalue weighted by Gasteiger charge is 2.30. The Hall–Kier alpha value is -1.94. The zero-order chi connectivity index (χ0) is 67.5. The van der Waals surface area contributed by atoms with E-state index in [0.717, 1.165) is 120 Å². The molecular formula is C72H140O17P2. The number of ether oxygens (including phenoxy) is 4. The van der Waals surface area contributed by atoms with Gasteiger partial charge in [0.25, 0.3) is 0 Å². The first kappa shape index (κ1) is 89.1. The maximum Gasteiger partial charge on any atom is 0.472 e. The summed E-state index contributed by atoms with van der Waals surface area (Å²) in [7, 11) is -9.91. The highest BCUT2D eigenvalue weighted by molar-refractivity contribution is 7.47. The molecule has 0 saturated heterocycles. The fraction of sp³-hybridized carbons (Fsp3) is 0.944. The minimum Gasteiger partial charge on any atom is -0.462 e. The summed E-state index contributed by atoms with van der Waals surface area (Å²) >= 11 is 0. The van der Waals surface area contributed by atoms with Crippen molar-refractivity contribution in [2.45, 2.75) is 375 Å². The minimum absolute atomic E-state index is 0.105. The summed E-state index contributed by atoms with van der Waals surface area (Å²) in [6, 6.07) is 0. The first-order chi connectivity index (χ1) is 43.6. The van der Waals surface area contributed by atoms with E-state index in [1.54, 1.807) is 0 Å². The van der Waals surface area contributed by atoms with Crippen molar-refractivity contribution < 1.29 is 80.2 Å². The van der Waals surface area contributed by atoms with Gasteiger partial charge in [0.1, 0.15) is 19.3 Å². The molecule has 0 spiro atoms. The number of phosphoric acid groups is 2. The van der Waals surface area contributed by atoms with Crippen LogP contribution in [0.4, 0.5) is 0 Å². The predicted molar refractivity (Wildman–Crippen MR) is 367 cm³/mol. The van der Waals surface area contributed by atoms with Crippen LogP contribution in [0.25, 0.3) is 0 Å². The van der Waals surface area contributed by atoms with E-state index in [1.165, 1.54) is 148 Å². The van der Waals surface area contributed by atoms with Crippen molar-refractivity contribution in [1.29, 1.82) is 0 Å². The molecule has 0 saturated carbocycles. The summed E-state index contributed by atoms with van der Waals surface area (Å²) < 4.78 is 68.3. The molecule has 0 rings (SSSR count). The first-order valence-electron chi connectivity index (χ1n) is 37.2. The quantitative estimate of drug-likeness (QED) is 0.0222. The van der Waals surface area contributed by atoms with Gasteiger partial charge in [0.15, 0.2) is 12.2 Å². The molecule has 0 bridgehead atoms. The number of carbonyl (C=O) groups is 4. The number of carbonyl (C=O) groups excluding carboxylic acids is 4. The molecule has 3 N–H and O–H groups in total. The third kappa shape index (κ3) is 65.1. The highest BCUT2D eigenvalue weighted by atomic mass is 31.2. The Labute approximate surface area is 556 Å². The summed E-state index contributed by atoms with van der Waals surface area (Å²) in [5, 5.41) is 10.6. The van der Waals surface area contributed by atoms with Crippen molar-refractivity contribution in [2.24, 2.45) is 23.7 Å². The lowest BCUT2D eigenvalue weighted by Gasteiger charge is -2.21. The van der Waals surface area contributed by atoms with Crippen LogP contribution in [0.5, 0.6) is 0 Å². The molecule has 4 unspecified atom stereocenters. The van der Waals surface area contributed by atoms with Crippen LogP contribution in [-0.2, 0) is 65.4 Å². The van der Waals surface area contributed by atoms with E-state index in [0.29, 0.717) is 31.6 Å². The molecule has 0 aliphatic heterocycles. The number of esters is 4. The van der Waals surface area contributed by atoms with Gasteiger partial charge < -0.3 is 33.8 Å². The Balaban J connectivity index is 5.24. The molecule has 0 heterocycles. The predicted octanol–water partition coefficient (Wildman–Crippen LogP) is 20.5. The number of aliphatic hydroxyl groups excluding tert-OH is 1. The third-order valence-corrected chi connectivity index (χ3v) is 18.8. The van der Waals surface area contributed by atoms with E-state index in [4.69, 9.17) is 37.0 Å². The van der Waals surface area contributed by atoms with Gasteiger partial charge in [-0.25, -0.2) is 9.13 Å².